The predicted molar refractivity (Wildman–Crippen MR) is 131 cm³/mol. The second-order valence-corrected chi connectivity index (χ2v) is 9.38. The highest BCUT2D eigenvalue weighted by molar-refractivity contribution is 9.10. The number of rotatable bonds is 9. The highest BCUT2D eigenvalue weighted by atomic mass is 79.9. The van der Waals surface area contributed by atoms with Crippen molar-refractivity contribution in [3.05, 3.63) is 63.6 Å². The molecule has 1 saturated carbocycles. The first kappa shape index (κ1) is 24.3. The Balaban J connectivity index is 1.73. The standard InChI is InChI=1S/C26H33BrN2O3/c1-4-20-13-14-24(23(27)15-20)32-17-25(30)29(16-21-10-6-5-9-18(21)2)19(3)26(31)28-22-11-7-8-12-22/h5-6,9-10,13-15,19,22H,4,7-8,11-12,16-17H2,1-3H3,(H,28,31)/t19-/m0/s1. The molecule has 172 valence electrons. The molecule has 0 aliphatic heterocycles. The van der Waals surface area contributed by atoms with Gasteiger partial charge < -0.3 is 15.0 Å². The van der Waals surface area contributed by atoms with Crippen molar-refractivity contribution in [3.63, 3.8) is 0 Å². The van der Waals surface area contributed by atoms with Crippen molar-refractivity contribution in [2.75, 3.05) is 6.61 Å². The van der Waals surface area contributed by atoms with Crippen molar-refractivity contribution in [3.8, 4) is 5.75 Å². The number of benzene rings is 2. The summed E-state index contributed by atoms with van der Waals surface area (Å²) in [6.07, 6.45) is 5.23. The Morgan fingerprint density at radius 2 is 1.91 bits per heavy atom. The van der Waals surface area contributed by atoms with Crippen LogP contribution in [0.25, 0.3) is 0 Å². The van der Waals surface area contributed by atoms with Gasteiger partial charge in [0.1, 0.15) is 11.8 Å². The number of halogens is 1. The predicted octanol–water partition coefficient (Wildman–Crippen LogP) is 5.17. The number of amides is 2. The van der Waals surface area contributed by atoms with Crippen LogP contribution < -0.4 is 10.1 Å². The van der Waals surface area contributed by atoms with E-state index in [1.165, 1.54) is 5.56 Å². The molecule has 0 aromatic heterocycles. The molecule has 0 unspecified atom stereocenters. The van der Waals surface area contributed by atoms with Crippen LogP contribution in [0.15, 0.2) is 46.9 Å². The van der Waals surface area contributed by atoms with Crippen molar-refractivity contribution in [2.24, 2.45) is 0 Å². The second kappa shape index (κ2) is 11.5. The SMILES string of the molecule is CCc1ccc(OCC(=O)N(Cc2ccccc2C)[C@@H](C)C(=O)NC2CCCC2)c(Br)c1. The molecule has 0 heterocycles. The minimum absolute atomic E-state index is 0.104. The van der Waals surface area contributed by atoms with Gasteiger partial charge in [0.25, 0.3) is 5.91 Å². The molecule has 5 nitrogen and oxygen atoms in total. The molecule has 1 aliphatic rings. The van der Waals surface area contributed by atoms with E-state index in [9.17, 15) is 9.59 Å². The minimum atomic E-state index is -0.586. The molecular formula is C26H33BrN2O3. The summed E-state index contributed by atoms with van der Waals surface area (Å²) < 4.78 is 6.66. The second-order valence-electron chi connectivity index (χ2n) is 8.52. The summed E-state index contributed by atoms with van der Waals surface area (Å²) in [5.74, 6) is 0.301. The third kappa shape index (κ3) is 6.35. The van der Waals surface area contributed by atoms with Gasteiger partial charge in [-0.05, 0) is 77.9 Å². The lowest BCUT2D eigenvalue weighted by Gasteiger charge is -2.30. The fraction of sp³-hybridized carbons (Fsp3) is 0.462. The zero-order valence-electron chi connectivity index (χ0n) is 19.2. The smallest absolute Gasteiger partial charge is 0.261 e. The molecule has 1 N–H and O–H groups in total. The Kier molecular flexibility index (Phi) is 8.74. The third-order valence-electron chi connectivity index (χ3n) is 6.23. The van der Waals surface area contributed by atoms with E-state index in [4.69, 9.17) is 4.74 Å². The molecule has 1 atom stereocenters. The molecule has 6 heteroatoms. The molecule has 1 fully saturated rings. The van der Waals surface area contributed by atoms with Crippen molar-refractivity contribution >= 4 is 27.7 Å². The van der Waals surface area contributed by atoms with E-state index in [1.807, 2.05) is 49.4 Å². The average molecular weight is 501 g/mol. The molecule has 2 aromatic carbocycles. The lowest BCUT2D eigenvalue weighted by Crippen LogP contribution is -2.50. The normalized spacial score (nSPS) is 14.8. The third-order valence-corrected chi connectivity index (χ3v) is 6.85. The molecule has 2 aromatic rings. The summed E-state index contributed by atoms with van der Waals surface area (Å²) in [6, 6.07) is 13.4. The van der Waals surface area contributed by atoms with E-state index in [-0.39, 0.29) is 24.5 Å². The number of aryl methyl sites for hydroxylation is 2. The monoisotopic (exact) mass is 500 g/mol. The summed E-state index contributed by atoms with van der Waals surface area (Å²) in [5.41, 5.74) is 3.30. The molecule has 0 bridgehead atoms. The number of ether oxygens (including phenoxy) is 1. The highest BCUT2D eigenvalue weighted by Gasteiger charge is 2.29. The van der Waals surface area contributed by atoms with Crippen molar-refractivity contribution in [1.29, 1.82) is 0 Å². The Morgan fingerprint density at radius 3 is 2.56 bits per heavy atom. The van der Waals surface area contributed by atoms with E-state index in [0.29, 0.717) is 12.3 Å². The van der Waals surface area contributed by atoms with Gasteiger partial charge in [-0.1, -0.05) is 50.1 Å². The first-order valence-corrected chi connectivity index (χ1v) is 12.2. The summed E-state index contributed by atoms with van der Waals surface area (Å²) in [5, 5.41) is 3.13. The Labute approximate surface area is 199 Å². The van der Waals surface area contributed by atoms with Crippen molar-refractivity contribution in [1.82, 2.24) is 10.2 Å². The summed E-state index contributed by atoms with van der Waals surface area (Å²) in [6.45, 7) is 6.14. The number of carbonyl (C=O) groups excluding carboxylic acids is 2. The molecule has 0 radical (unpaired) electrons. The number of hydrogen-bond acceptors (Lipinski definition) is 3. The number of nitrogens with zero attached hydrogens (tertiary/aromatic N) is 1. The fourth-order valence-corrected chi connectivity index (χ4v) is 4.59. The fourth-order valence-electron chi connectivity index (χ4n) is 4.05. The van der Waals surface area contributed by atoms with Gasteiger partial charge in [-0.2, -0.15) is 0 Å². The largest absolute Gasteiger partial charge is 0.483 e. The van der Waals surface area contributed by atoms with Gasteiger partial charge in [0, 0.05) is 12.6 Å². The van der Waals surface area contributed by atoms with Crippen LogP contribution in [-0.2, 0) is 22.6 Å². The molecule has 1 aliphatic carbocycles. The molecule has 0 spiro atoms. The Morgan fingerprint density at radius 1 is 1.19 bits per heavy atom. The Bertz CT molecular complexity index is 940. The van der Waals surface area contributed by atoms with Gasteiger partial charge in [0.15, 0.2) is 6.61 Å². The van der Waals surface area contributed by atoms with E-state index < -0.39 is 6.04 Å². The maximum absolute atomic E-state index is 13.3. The van der Waals surface area contributed by atoms with E-state index in [1.54, 1.807) is 11.8 Å². The molecule has 3 rings (SSSR count). The molecular weight excluding hydrogens is 468 g/mol. The molecule has 2 amide bonds. The van der Waals surface area contributed by atoms with Gasteiger partial charge in [-0.25, -0.2) is 0 Å². The van der Waals surface area contributed by atoms with Gasteiger partial charge in [0.2, 0.25) is 5.91 Å². The van der Waals surface area contributed by atoms with Crippen LogP contribution in [0, 0.1) is 6.92 Å². The van der Waals surface area contributed by atoms with Crippen LogP contribution >= 0.6 is 15.9 Å². The van der Waals surface area contributed by atoms with Crippen LogP contribution in [-0.4, -0.2) is 35.4 Å². The zero-order valence-corrected chi connectivity index (χ0v) is 20.8. The van der Waals surface area contributed by atoms with Crippen LogP contribution in [0.5, 0.6) is 5.75 Å². The maximum atomic E-state index is 13.3. The van der Waals surface area contributed by atoms with Crippen LogP contribution in [0.2, 0.25) is 0 Å². The van der Waals surface area contributed by atoms with E-state index in [0.717, 1.165) is 47.7 Å². The Hall–Kier alpha value is -2.34. The van der Waals surface area contributed by atoms with Gasteiger partial charge in [-0.3, -0.25) is 9.59 Å². The van der Waals surface area contributed by atoms with Crippen LogP contribution in [0.1, 0.15) is 56.2 Å². The quantitative estimate of drug-likeness (QED) is 0.516. The summed E-state index contributed by atoms with van der Waals surface area (Å²) in [4.78, 5) is 27.8. The first-order valence-electron chi connectivity index (χ1n) is 11.4. The summed E-state index contributed by atoms with van der Waals surface area (Å²) in [7, 11) is 0. The maximum Gasteiger partial charge on any atom is 0.261 e. The van der Waals surface area contributed by atoms with Crippen LogP contribution in [0.3, 0.4) is 0 Å². The van der Waals surface area contributed by atoms with Gasteiger partial charge in [0.05, 0.1) is 4.47 Å². The number of carbonyl (C=O) groups is 2. The van der Waals surface area contributed by atoms with E-state index >= 15 is 0 Å². The lowest BCUT2D eigenvalue weighted by atomic mass is 10.1. The topological polar surface area (TPSA) is 58.6 Å². The average Bonchev–Trinajstić information content (AvgIpc) is 3.30. The zero-order chi connectivity index (χ0) is 23.1. The van der Waals surface area contributed by atoms with Gasteiger partial charge >= 0.3 is 0 Å². The number of hydrogen-bond donors (Lipinski definition) is 1. The van der Waals surface area contributed by atoms with E-state index in [2.05, 4.69) is 28.2 Å². The van der Waals surface area contributed by atoms with Crippen molar-refractivity contribution < 1.29 is 14.3 Å². The van der Waals surface area contributed by atoms with Crippen LogP contribution in [0.4, 0.5) is 0 Å². The molecule has 0 saturated heterocycles. The molecule has 32 heavy (non-hydrogen) atoms. The number of nitrogens with one attached hydrogen (secondary N) is 1. The van der Waals surface area contributed by atoms with Crippen molar-refractivity contribution in [2.45, 2.75) is 71.5 Å². The highest BCUT2D eigenvalue weighted by Crippen LogP contribution is 2.26. The van der Waals surface area contributed by atoms with Gasteiger partial charge in [-0.15, -0.1) is 0 Å². The lowest BCUT2D eigenvalue weighted by molar-refractivity contribution is -0.142. The summed E-state index contributed by atoms with van der Waals surface area (Å²) >= 11 is 3.53. The first-order chi connectivity index (χ1) is 15.4. The minimum Gasteiger partial charge on any atom is -0.483 e.